The monoisotopic (exact) mass is 435 g/mol. The Kier molecular flexibility index (Phi) is 5.45. The second-order valence-corrected chi connectivity index (χ2v) is 9.74. The third-order valence-electron chi connectivity index (χ3n) is 5.43. The Morgan fingerprint density at radius 1 is 0.871 bits per heavy atom. The van der Waals surface area contributed by atoms with Gasteiger partial charge in [0, 0.05) is 17.9 Å². The average molecular weight is 436 g/mol. The quantitative estimate of drug-likeness (QED) is 0.605. The number of nitrogens with one attached hydrogen (secondary N) is 2. The van der Waals surface area contributed by atoms with Gasteiger partial charge in [-0.25, -0.2) is 13.2 Å². The van der Waals surface area contributed by atoms with Crippen LogP contribution in [0.3, 0.4) is 0 Å². The van der Waals surface area contributed by atoms with E-state index in [0.29, 0.717) is 24.3 Å². The molecule has 4 rings (SSSR count). The average Bonchev–Trinajstić information content (AvgIpc) is 3.14. The van der Waals surface area contributed by atoms with E-state index in [4.69, 9.17) is 0 Å². The highest BCUT2D eigenvalue weighted by Gasteiger charge is 2.31. The standard InChI is InChI=1S/C24H25N3O3S/c1-16-4-8-21(9-5-16)31(29,30)27-13-12-19-15-20(7-11-23(19)27)25-24(28)26-22-10-6-17(2)14-18(22)3/h4-11,14-15H,12-13H2,1-3H3,(H2,25,26,28). The number of nitrogens with zero attached hydrogens (tertiary/aromatic N) is 1. The molecule has 0 saturated carbocycles. The molecule has 160 valence electrons. The van der Waals surface area contributed by atoms with Crippen LogP contribution in [0.5, 0.6) is 0 Å². The van der Waals surface area contributed by atoms with Gasteiger partial charge in [0.2, 0.25) is 0 Å². The second-order valence-electron chi connectivity index (χ2n) is 7.88. The van der Waals surface area contributed by atoms with E-state index in [1.165, 1.54) is 4.31 Å². The van der Waals surface area contributed by atoms with Crippen molar-refractivity contribution in [3.05, 3.63) is 82.9 Å². The predicted molar refractivity (Wildman–Crippen MR) is 124 cm³/mol. The van der Waals surface area contributed by atoms with Crippen LogP contribution in [0.2, 0.25) is 0 Å². The molecule has 0 spiro atoms. The summed E-state index contributed by atoms with van der Waals surface area (Å²) in [7, 11) is -3.62. The Hall–Kier alpha value is -3.32. The number of hydrogen-bond donors (Lipinski definition) is 2. The number of amides is 2. The molecule has 2 amide bonds. The van der Waals surface area contributed by atoms with Gasteiger partial charge >= 0.3 is 6.03 Å². The zero-order valence-corrected chi connectivity index (χ0v) is 18.6. The summed E-state index contributed by atoms with van der Waals surface area (Å²) in [4.78, 5) is 12.7. The van der Waals surface area contributed by atoms with E-state index >= 15 is 0 Å². The fraction of sp³-hybridized carbons (Fsp3) is 0.208. The van der Waals surface area contributed by atoms with Gasteiger partial charge in [0.1, 0.15) is 0 Å². The minimum atomic E-state index is -3.62. The minimum absolute atomic E-state index is 0.279. The summed E-state index contributed by atoms with van der Waals surface area (Å²) in [6.45, 7) is 6.25. The maximum absolute atomic E-state index is 13.1. The van der Waals surface area contributed by atoms with E-state index in [9.17, 15) is 13.2 Å². The lowest BCUT2D eigenvalue weighted by atomic mass is 10.1. The molecule has 31 heavy (non-hydrogen) atoms. The molecule has 0 bridgehead atoms. The van der Waals surface area contributed by atoms with Gasteiger partial charge in [-0.1, -0.05) is 35.4 Å². The highest BCUT2D eigenvalue weighted by Crippen LogP contribution is 2.34. The van der Waals surface area contributed by atoms with Gasteiger partial charge in [-0.15, -0.1) is 0 Å². The molecule has 3 aromatic rings. The number of hydrogen-bond acceptors (Lipinski definition) is 3. The van der Waals surface area contributed by atoms with Gasteiger partial charge in [-0.05, 0) is 74.7 Å². The van der Waals surface area contributed by atoms with Crippen molar-refractivity contribution in [3.8, 4) is 0 Å². The van der Waals surface area contributed by atoms with E-state index in [2.05, 4.69) is 10.6 Å². The molecular formula is C24H25N3O3S. The molecule has 0 saturated heterocycles. The second kappa shape index (κ2) is 8.07. The Morgan fingerprint density at radius 2 is 1.58 bits per heavy atom. The Bertz CT molecular complexity index is 1250. The fourth-order valence-electron chi connectivity index (χ4n) is 3.77. The van der Waals surface area contributed by atoms with Crippen LogP contribution in [0.15, 0.2) is 65.6 Å². The van der Waals surface area contributed by atoms with E-state index in [1.54, 1.807) is 36.4 Å². The summed E-state index contributed by atoms with van der Waals surface area (Å²) in [5.41, 5.74) is 6.04. The molecule has 1 aliphatic heterocycles. The van der Waals surface area contributed by atoms with Crippen molar-refractivity contribution in [1.29, 1.82) is 0 Å². The number of urea groups is 1. The molecule has 7 heteroatoms. The molecule has 0 aromatic heterocycles. The number of rotatable bonds is 4. The summed E-state index contributed by atoms with van der Waals surface area (Å²) in [5, 5.41) is 5.69. The van der Waals surface area contributed by atoms with Crippen LogP contribution in [0.25, 0.3) is 0 Å². The Morgan fingerprint density at radius 3 is 2.29 bits per heavy atom. The molecule has 0 aliphatic carbocycles. The minimum Gasteiger partial charge on any atom is -0.308 e. The summed E-state index contributed by atoms with van der Waals surface area (Å²) in [6.07, 6.45) is 0.592. The van der Waals surface area contributed by atoms with Gasteiger partial charge < -0.3 is 10.6 Å². The van der Waals surface area contributed by atoms with Crippen molar-refractivity contribution >= 4 is 33.1 Å². The van der Waals surface area contributed by atoms with Gasteiger partial charge in [-0.2, -0.15) is 0 Å². The largest absolute Gasteiger partial charge is 0.323 e. The van der Waals surface area contributed by atoms with Crippen LogP contribution in [0, 0.1) is 20.8 Å². The van der Waals surface area contributed by atoms with Gasteiger partial charge in [0.05, 0.1) is 10.6 Å². The molecule has 0 unspecified atom stereocenters. The summed E-state index contributed by atoms with van der Waals surface area (Å²) in [6, 6.07) is 17.7. The molecule has 0 radical (unpaired) electrons. The van der Waals surface area contributed by atoms with Crippen LogP contribution in [0.4, 0.5) is 21.9 Å². The first-order valence-electron chi connectivity index (χ1n) is 10.1. The number of carbonyl (C=O) groups is 1. The van der Waals surface area contributed by atoms with Crippen molar-refractivity contribution in [2.45, 2.75) is 32.1 Å². The van der Waals surface area contributed by atoms with Gasteiger partial charge in [-0.3, -0.25) is 4.31 Å². The van der Waals surface area contributed by atoms with Crippen LogP contribution in [-0.4, -0.2) is 21.0 Å². The SMILES string of the molecule is Cc1ccc(S(=O)(=O)N2CCc3cc(NC(=O)Nc4ccc(C)cc4C)ccc32)cc1. The van der Waals surface area contributed by atoms with Crippen LogP contribution >= 0.6 is 0 Å². The third kappa shape index (κ3) is 4.27. The molecular weight excluding hydrogens is 410 g/mol. The maximum atomic E-state index is 13.1. The first kappa shape index (κ1) is 20.9. The Balaban J connectivity index is 1.51. The lowest BCUT2D eigenvalue weighted by Gasteiger charge is -2.20. The number of sulfonamides is 1. The van der Waals surface area contributed by atoms with Crippen molar-refractivity contribution in [3.63, 3.8) is 0 Å². The highest BCUT2D eigenvalue weighted by molar-refractivity contribution is 7.92. The van der Waals surface area contributed by atoms with Crippen molar-refractivity contribution < 1.29 is 13.2 Å². The topological polar surface area (TPSA) is 78.5 Å². The molecule has 3 aromatic carbocycles. The van der Waals surface area contributed by atoms with Gasteiger partial charge in [0.15, 0.2) is 0 Å². The van der Waals surface area contributed by atoms with E-state index in [1.807, 2.05) is 45.0 Å². The summed E-state index contributed by atoms with van der Waals surface area (Å²) >= 11 is 0. The van der Waals surface area contributed by atoms with Crippen molar-refractivity contribution in [1.82, 2.24) is 0 Å². The molecule has 2 N–H and O–H groups in total. The fourth-order valence-corrected chi connectivity index (χ4v) is 5.28. The van der Waals surface area contributed by atoms with Crippen LogP contribution in [0.1, 0.15) is 22.3 Å². The maximum Gasteiger partial charge on any atom is 0.323 e. The smallest absolute Gasteiger partial charge is 0.308 e. The number of benzene rings is 3. The zero-order valence-electron chi connectivity index (χ0n) is 17.8. The first-order valence-corrected chi connectivity index (χ1v) is 11.6. The lowest BCUT2D eigenvalue weighted by Crippen LogP contribution is -2.29. The highest BCUT2D eigenvalue weighted by atomic mass is 32.2. The van der Waals surface area contributed by atoms with Crippen LogP contribution in [-0.2, 0) is 16.4 Å². The summed E-state index contributed by atoms with van der Waals surface area (Å²) < 4.78 is 27.6. The normalized spacial score (nSPS) is 13.1. The third-order valence-corrected chi connectivity index (χ3v) is 7.26. The number of carbonyl (C=O) groups excluding carboxylic acids is 1. The molecule has 0 atom stereocenters. The van der Waals surface area contributed by atoms with E-state index < -0.39 is 10.0 Å². The van der Waals surface area contributed by atoms with Gasteiger partial charge in [0.25, 0.3) is 10.0 Å². The molecule has 1 heterocycles. The van der Waals surface area contributed by atoms with Crippen molar-refractivity contribution in [2.24, 2.45) is 0 Å². The first-order chi connectivity index (χ1) is 14.7. The number of anilines is 3. The Labute approximate surface area is 183 Å². The number of aryl methyl sites for hydroxylation is 3. The lowest BCUT2D eigenvalue weighted by molar-refractivity contribution is 0.262. The number of fused-ring (bicyclic) bond motifs is 1. The molecule has 6 nitrogen and oxygen atoms in total. The predicted octanol–water partition coefficient (Wildman–Crippen LogP) is 5.01. The van der Waals surface area contributed by atoms with Crippen molar-refractivity contribution in [2.75, 3.05) is 21.5 Å². The molecule has 1 aliphatic rings. The van der Waals surface area contributed by atoms with E-state index in [-0.39, 0.29) is 10.9 Å². The summed E-state index contributed by atoms with van der Waals surface area (Å²) in [5.74, 6) is 0. The van der Waals surface area contributed by atoms with Crippen LogP contribution < -0.4 is 14.9 Å². The zero-order chi connectivity index (χ0) is 22.2. The van der Waals surface area contributed by atoms with E-state index in [0.717, 1.165) is 27.9 Å². The molecule has 0 fully saturated rings.